The van der Waals surface area contributed by atoms with Crippen molar-refractivity contribution in [3.63, 3.8) is 0 Å². The van der Waals surface area contributed by atoms with Crippen LogP contribution in [0.2, 0.25) is 0 Å². The Labute approximate surface area is 122 Å². The lowest BCUT2D eigenvalue weighted by atomic mass is 9.76. The maximum absolute atomic E-state index is 14.2. The van der Waals surface area contributed by atoms with E-state index in [9.17, 15) is 9.18 Å². The van der Waals surface area contributed by atoms with E-state index in [0.717, 1.165) is 12.1 Å². The molecule has 0 fully saturated rings. The molecule has 1 aromatic heterocycles. The number of fused-ring (bicyclic) bond motifs is 1. The van der Waals surface area contributed by atoms with Crippen LogP contribution in [0.4, 0.5) is 4.39 Å². The second-order valence-electron chi connectivity index (χ2n) is 6.27. The van der Waals surface area contributed by atoms with Crippen molar-refractivity contribution in [2.75, 3.05) is 0 Å². The van der Waals surface area contributed by atoms with Gasteiger partial charge in [0.15, 0.2) is 5.78 Å². The van der Waals surface area contributed by atoms with E-state index in [1.807, 2.05) is 19.9 Å². The highest BCUT2D eigenvalue weighted by Crippen LogP contribution is 2.36. The molecule has 0 aliphatic heterocycles. The summed E-state index contributed by atoms with van der Waals surface area (Å²) in [6, 6.07) is 8.06. The molecule has 0 saturated heterocycles. The summed E-state index contributed by atoms with van der Waals surface area (Å²) < 4.78 is 15.9. The van der Waals surface area contributed by atoms with Gasteiger partial charge in [0.25, 0.3) is 0 Å². The van der Waals surface area contributed by atoms with Gasteiger partial charge in [0.1, 0.15) is 5.82 Å². The van der Waals surface area contributed by atoms with Crippen molar-refractivity contribution in [2.45, 2.75) is 26.7 Å². The molecule has 106 valence electrons. The standard InChI is InChI=1S/C17H15FN2O/c1-17(2)8-15-12(16(21)9-17)5-6-20(15)14-4-3-11(10-19)7-13(14)18/h3-7H,8-9H2,1-2H3. The van der Waals surface area contributed by atoms with E-state index in [-0.39, 0.29) is 16.8 Å². The summed E-state index contributed by atoms with van der Waals surface area (Å²) in [4.78, 5) is 12.2. The topological polar surface area (TPSA) is 45.8 Å². The average molecular weight is 282 g/mol. The molecule has 1 heterocycles. The number of aromatic nitrogens is 1. The fourth-order valence-corrected chi connectivity index (χ4v) is 2.94. The lowest BCUT2D eigenvalue weighted by Crippen LogP contribution is -2.27. The molecule has 21 heavy (non-hydrogen) atoms. The van der Waals surface area contributed by atoms with Gasteiger partial charge in [-0.2, -0.15) is 5.26 Å². The molecule has 0 atom stereocenters. The van der Waals surface area contributed by atoms with Crippen molar-refractivity contribution in [1.29, 1.82) is 5.26 Å². The Morgan fingerprint density at radius 1 is 1.29 bits per heavy atom. The SMILES string of the molecule is CC1(C)CC(=O)c2ccn(-c3ccc(C#N)cc3F)c2C1. The summed E-state index contributed by atoms with van der Waals surface area (Å²) in [6.07, 6.45) is 2.97. The first-order valence-electron chi connectivity index (χ1n) is 6.85. The van der Waals surface area contributed by atoms with Gasteiger partial charge in [-0.3, -0.25) is 4.79 Å². The van der Waals surface area contributed by atoms with Gasteiger partial charge in [-0.25, -0.2) is 4.39 Å². The third-order valence-electron chi connectivity index (χ3n) is 3.91. The number of ketones is 1. The summed E-state index contributed by atoms with van der Waals surface area (Å²) in [5.41, 5.74) is 2.07. The van der Waals surface area contributed by atoms with E-state index in [2.05, 4.69) is 0 Å². The van der Waals surface area contributed by atoms with Crippen molar-refractivity contribution >= 4 is 5.78 Å². The highest BCUT2D eigenvalue weighted by Gasteiger charge is 2.33. The first-order chi connectivity index (χ1) is 9.91. The normalized spacial score (nSPS) is 16.4. The van der Waals surface area contributed by atoms with Crippen LogP contribution in [0.1, 0.15) is 41.9 Å². The monoisotopic (exact) mass is 282 g/mol. The molecule has 3 nitrogen and oxygen atoms in total. The van der Waals surface area contributed by atoms with Crippen molar-refractivity contribution in [3.05, 3.63) is 53.1 Å². The molecule has 4 heteroatoms. The van der Waals surface area contributed by atoms with Crippen LogP contribution in [0.5, 0.6) is 0 Å². The third kappa shape index (κ3) is 2.25. The Morgan fingerprint density at radius 3 is 2.71 bits per heavy atom. The van der Waals surface area contributed by atoms with Crippen LogP contribution in [0, 0.1) is 22.6 Å². The molecule has 3 rings (SSSR count). The van der Waals surface area contributed by atoms with E-state index in [0.29, 0.717) is 17.7 Å². The van der Waals surface area contributed by atoms with Crippen LogP contribution in [0.15, 0.2) is 30.5 Å². The Kier molecular flexibility index (Phi) is 2.94. The van der Waals surface area contributed by atoms with E-state index in [4.69, 9.17) is 5.26 Å². The van der Waals surface area contributed by atoms with Gasteiger partial charge >= 0.3 is 0 Å². The van der Waals surface area contributed by atoms with E-state index in [1.54, 1.807) is 29.0 Å². The zero-order valence-corrected chi connectivity index (χ0v) is 12.0. The highest BCUT2D eigenvalue weighted by molar-refractivity contribution is 5.99. The van der Waals surface area contributed by atoms with Crippen LogP contribution in [-0.4, -0.2) is 10.4 Å². The highest BCUT2D eigenvalue weighted by atomic mass is 19.1. The smallest absolute Gasteiger partial charge is 0.165 e. The summed E-state index contributed by atoms with van der Waals surface area (Å²) >= 11 is 0. The molecule has 0 spiro atoms. The molecule has 1 aromatic carbocycles. The minimum Gasteiger partial charge on any atom is -0.317 e. The molecule has 0 bridgehead atoms. The molecular weight excluding hydrogens is 267 g/mol. The first-order valence-corrected chi connectivity index (χ1v) is 6.85. The van der Waals surface area contributed by atoms with Gasteiger partial charge in [0.05, 0.1) is 17.3 Å². The zero-order chi connectivity index (χ0) is 15.2. The van der Waals surface area contributed by atoms with Crippen molar-refractivity contribution < 1.29 is 9.18 Å². The second-order valence-corrected chi connectivity index (χ2v) is 6.27. The average Bonchev–Trinajstić information content (AvgIpc) is 2.81. The maximum atomic E-state index is 14.2. The van der Waals surface area contributed by atoms with Gasteiger partial charge in [-0.15, -0.1) is 0 Å². The summed E-state index contributed by atoms with van der Waals surface area (Å²) in [7, 11) is 0. The number of carbonyl (C=O) groups excluding carboxylic acids is 1. The summed E-state index contributed by atoms with van der Waals surface area (Å²) in [5.74, 6) is -0.350. The Hall–Kier alpha value is -2.41. The lowest BCUT2D eigenvalue weighted by Gasteiger charge is -2.29. The second kappa shape index (κ2) is 4.56. The molecule has 0 saturated carbocycles. The fraction of sp³-hybridized carbons (Fsp3) is 0.294. The van der Waals surface area contributed by atoms with Crippen LogP contribution in [0.25, 0.3) is 5.69 Å². The predicted octanol–water partition coefficient (Wildman–Crippen LogP) is 3.64. The Bertz CT molecular complexity index is 781. The fourth-order valence-electron chi connectivity index (χ4n) is 2.94. The van der Waals surface area contributed by atoms with Crippen LogP contribution < -0.4 is 0 Å². The number of carbonyl (C=O) groups is 1. The van der Waals surface area contributed by atoms with Crippen molar-refractivity contribution in [3.8, 4) is 11.8 Å². The Morgan fingerprint density at radius 2 is 2.05 bits per heavy atom. The number of nitrogens with zero attached hydrogens (tertiary/aromatic N) is 2. The largest absolute Gasteiger partial charge is 0.317 e. The molecule has 1 aliphatic carbocycles. The van der Waals surface area contributed by atoms with Crippen molar-refractivity contribution in [1.82, 2.24) is 4.57 Å². The maximum Gasteiger partial charge on any atom is 0.165 e. The van der Waals surface area contributed by atoms with Crippen LogP contribution >= 0.6 is 0 Å². The van der Waals surface area contributed by atoms with Gasteiger partial charge in [-0.05, 0) is 36.1 Å². The van der Waals surface area contributed by atoms with Crippen molar-refractivity contribution in [2.24, 2.45) is 5.41 Å². The lowest BCUT2D eigenvalue weighted by molar-refractivity contribution is 0.0911. The van der Waals surface area contributed by atoms with Gasteiger partial charge < -0.3 is 4.57 Å². The van der Waals surface area contributed by atoms with Crippen LogP contribution in [-0.2, 0) is 6.42 Å². The summed E-state index contributed by atoms with van der Waals surface area (Å²) in [5, 5.41) is 8.81. The third-order valence-corrected chi connectivity index (χ3v) is 3.91. The Balaban J connectivity index is 2.14. The number of hydrogen-bond donors (Lipinski definition) is 0. The van der Waals surface area contributed by atoms with Crippen LogP contribution in [0.3, 0.4) is 0 Å². The van der Waals surface area contributed by atoms with E-state index < -0.39 is 5.82 Å². The number of hydrogen-bond acceptors (Lipinski definition) is 2. The number of benzene rings is 1. The minimum atomic E-state index is -0.455. The quantitative estimate of drug-likeness (QED) is 0.801. The number of nitriles is 1. The molecule has 0 amide bonds. The molecule has 0 radical (unpaired) electrons. The molecule has 2 aromatic rings. The number of Topliss-reactive ketones (excluding diaryl/α,β-unsaturated/α-hetero) is 1. The molecular formula is C17H15FN2O. The zero-order valence-electron chi connectivity index (χ0n) is 12.0. The van der Waals surface area contributed by atoms with Gasteiger partial charge in [0.2, 0.25) is 0 Å². The first kappa shape index (κ1) is 13.6. The molecule has 0 unspecified atom stereocenters. The number of rotatable bonds is 1. The molecule has 0 N–H and O–H groups in total. The van der Waals surface area contributed by atoms with E-state index in [1.165, 1.54) is 6.07 Å². The number of halogens is 1. The van der Waals surface area contributed by atoms with Gasteiger partial charge in [0, 0.05) is 23.9 Å². The van der Waals surface area contributed by atoms with Gasteiger partial charge in [-0.1, -0.05) is 13.8 Å². The molecule has 1 aliphatic rings. The summed E-state index contributed by atoms with van der Waals surface area (Å²) in [6.45, 7) is 4.08. The predicted molar refractivity (Wildman–Crippen MR) is 76.9 cm³/mol. The van der Waals surface area contributed by atoms with E-state index >= 15 is 0 Å². The minimum absolute atomic E-state index is 0.106.